The number of hydrogen-bond donors (Lipinski definition) is 3. The summed E-state index contributed by atoms with van der Waals surface area (Å²) in [6.45, 7) is 4.48. The van der Waals surface area contributed by atoms with Gasteiger partial charge in [0.15, 0.2) is 0 Å². The molecular weight excluding hydrogens is 302 g/mol. The van der Waals surface area contributed by atoms with Crippen LogP contribution in [0.25, 0.3) is 0 Å². The zero-order chi connectivity index (χ0) is 17.5. The molecule has 1 unspecified atom stereocenters. The van der Waals surface area contributed by atoms with Crippen LogP contribution in [0, 0.1) is 12.8 Å². The van der Waals surface area contributed by atoms with Gasteiger partial charge in [0.1, 0.15) is 0 Å². The van der Waals surface area contributed by atoms with Gasteiger partial charge in [0.05, 0.1) is 0 Å². The van der Waals surface area contributed by atoms with E-state index < -0.39 is 0 Å². The molecule has 0 saturated heterocycles. The van der Waals surface area contributed by atoms with Crippen LogP contribution in [0.3, 0.4) is 0 Å². The summed E-state index contributed by atoms with van der Waals surface area (Å²) in [5.41, 5.74) is 8.80. The molecule has 126 valence electrons. The van der Waals surface area contributed by atoms with E-state index in [1.54, 1.807) is 19.1 Å². The van der Waals surface area contributed by atoms with Crippen LogP contribution in [0.1, 0.15) is 28.4 Å². The highest BCUT2D eigenvalue weighted by Crippen LogP contribution is 2.13. The minimum absolute atomic E-state index is 0.0772. The highest BCUT2D eigenvalue weighted by atomic mass is 16.2. The predicted molar refractivity (Wildman–Crippen MR) is 95.6 cm³/mol. The Morgan fingerprint density at radius 3 is 2.50 bits per heavy atom. The Bertz CT molecular complexity index is 711. The van der Waals surface area contributed by atoms with Gasteiger partial charge in [-0.15, -0.1) is 0 Å². The van der Waals surface area contributed by atoms with Gasteiger partial charge in [0, 0.05) is 30.3 Å². The summed E-state index contributed by atoms with van der Waals surface area (Å²) in [5.74, 6) is -0.450. The number of nitrogens with two attached hydrogens (primary N) is 1. The molecule has 0 heterocycles. The molecule has 2 aromatic carbocycles. The molecule has 0 aliphatic rings. The third kappa shape index (κ3) is 4.93. The summed E-state index contributed by atoms with van der Waals surface area (Å²) >= 11 is 0. The van der Waals surface area contributed by atoms with Gasteiger partial charge in [-0.25, -0.2) is 0 Å². The van der Waals surface area contributed by atoms with Crippen LogP contribution in [0.2, 0.25) is 0 Å². The number of carbonyl (C=O) groups is 2. The molecule has 24 heavy (non-hydrogen) atoms. The summed E-state index contributed by atoms with van der Waals surface area (Å²) in [5, 5.41) is 5.70. The molecule has 5 nitrogen and oxygen atoms in total. The van der Waals surface area contributed by atoms with E-state index in [1.165, 1.54) is 0 Å². The summed E-state index contributed by atoms with van der Waals surface area (Å²) in [6, 6.07) is 14.8. The van der Waals surface area contributed by atoms with Gasteiger partial charge in [-0.05, 0) is 36.8 Å². The summed E-state index contributed by atoms with van der Waals surface area (Å²) < 4.78 is 0. The Kier molecular flexibility index (Phi) is 6.09. The van der Waals surface area contributed by atoms with E-state index in [2.05, 4.69) is 10.6 Å². The standard InChI is InChI=1S/C19H23N3O2/c1-13-6-8-16(9-7-13)19(24)22-17-5-3-4-15(10-17)12-21-18(23)14(2)11-20/h3-10,14H,11-12,20H2,1-2H3,(H,21,23)(H,22,24). The average molecular weight is 325 g/mol. The topological polar surface area (TPSA) is 84.2 Å². The highest BCUT2D eigenvalue weighted by molar-refractivity contribution is 6.04. The fraction of sp³-hybridized carbons (Fsp3) is 0.263. The second kappa shape index (κ2) is 8.26. The van der Waals surface area contributed by atoms with Gasteiger partial charge in [-0.3, -0.25) is 9.59 Å². The summed E-state index contributed by atoms with van der Waals surface area (Å²) in [4.78, 5) is 24.0. The van der Waals surface area contributed by atoms with Crippen molar-refractivity contribution in [2.24, 2.45) is 11.7 Å². The number of hydrogen-bond acceptors (Lipinski definition) is 3. The van der Waals surface area contributed by atoms with Crippen molar-refractivity contribution < 1.29 is 9.59 Å². The maximum absolute atomic E-state index is 12.2. The maximum Gasteiger partial charge on any atom is 0.255 e. The smallest absolute Gasteiger partial charge is 0.255 e. The quantitative estimate of drug-likeness (QED) is 0.763. The first-order chi connectivity index (χ1) is 11.5. The van der Waals surface area contributed by atoms with E-state index in [4.69, 9.17) is 5.73 Å². The van der Waals surface area contributed by atoms with Crippen LogP contribution in [0.5, 0.6) is 0 Å². The molecule has 5 heteroatoms. The van der Waals surface area contributed by atoms with Crippen molar-refractivity contribution in [1.82, 2.24) is 5.32 Å². The Morgan fingerprint density at radius 2 is 1.83 bits per heavy atom. The number of anilines is 1. The molecule has 2 rings (SSSR count). The van der Waals surface area contributed by atoms with Gasteiger partial charge >= 0.3 is 0 Å². The lowest BCUT2D eigenvalue weighted by Gasteiger charge is -2.11. The fourth-order valence-corrected chi connectivity index (χ4v) is 2.14. The Morgan fingerprint density at radius 1 is 1.12 bits per heavy atom. The van der Waals surface area contributed by atoms with Crippen LogP contribution in [0.4, 0.5) is 5.69 Å². The molecule has 4 N–H and O–H groups in total. The Labute approximate surface area is 142 Å². The van der Waals surface area contributed by atoms with Crippen LogP contribution < -0.4 is 16.4 Å². The minimum Gasteiger partial charge on any atom is -0.352 e. The number of amides is 2. The Hall–Kier alpha value is -2.66. The van der Waals surface area contributed by atoms with Gasteiger partial charge < -0.3 is 16.4 Å². The van der Waals surface area contributed by atoms with Gasteiger partial charge in [-0.2, -0.15) is 0 Å². The molecule has 0 fully saturated rings. The normalized spacial score (nSPS) is 11.6. The molecule has 0 spiro atoms. The summed E-state index contributed by atoms with van der Waals surface area (Å²) in [7, 11) is 0. The van der Waals surface area contributed by atoms with Gasteiger partial charge in [0.2, 0.25) is 5.91 Å². The number of rotatable bonds is 6. The molecular formula is C19H23N3O2. The maximum atomic E-state index is 12.2. The summed E-state index contributed by atoms with van der Waals surface area (Å²) in [6.07, 6.45) is 0. The van der Waals surface area contributed by atoms with Gasteiger partial charge in [-0.1, -0.05) is 36.8 Å². The molecule has 0 aliphatic carbocycles. The lowest BCUT2D eigenvalue weighted by Crippen LogP contribution is -2.32. The third-order valence-corrected chi connectivity index (χ3v) is 3.77. The molecule has 0 aromatic heterocycles. The first kappa shape index (κ1) is 17.7. The zero-order valence-corrected chi connectivity index (χ0v) is 14.0. The van der Waals surface area contributed by atoms with E-state index in [-0.39, 0.29) is 17.7 Å². The zero-order valence-electron chi connectivity index (χ0n) is 14.0. The molecule has 0 radical (unpaired) electrons. The predicted octanol–water partition coefficient (Wildman–Crippen LogP) is 2.46. The lowest BCUT2D eigenvalue weighted by atomic mass is 10.1. The first-order valence-corrected chi connectivity index (χ1v) is 7.94. The van der Waals surface area contributed by atoms with Crippen LogP contribution in [0.15, 0.2) is 48.5 Å². The van der Waals surface area contributed by atoms with Crippen LogP contribution >= 0.6 is 0 Å². The van der Waals surface area contributed by atoms with Crippen molar-refractivity contribution in [1.29, 1.82) is 0 Å². The molecule has 0 aliphatic heterocycles. The SMILES string of the molecule is Cc1ccc(C(=O)Nc2cccc(CNC(=O)C(C)CN)c2)cc1. The lowest BCUT2D eigenvalue weighted by molar-refractivity contribution is -0.124. The first-order valence-electron chi connectivity index (χ1n) is 7.94. The number of benzene rings is 2. The second-order valence-corrected chi connectivity index (χ2v) is 5.88. The van der Waals surface area contributed by atoms with Crippen molar-refractivity contribution in [2.45, 2.75) is 20.4 Å². The van der Waals surface area contributed by atoms with Crippen molar-refractivity contribution in [2.75, 3.05) is 11.9 Å². The second-order valence-electron chi connectivity index (χ2n) is 5.88. The molecule has 2 amide bonds. The monoisotopic (exact) mass is 325 g/mol. The molecule has 2 aromatic rings. The number of carbonyl (C=O) groups excluding carboxylic acids is 2. The highest BCUT2D eigenvalue weighted by Gasteiger charge is 2.10. The largest absolute Gasteiger partial charge is 0.352 e. The number of aryl methyl sites for hydroxylation is 1. The van der Waals surface area contributed by atoms with Crippen LogP contribution in [-0.4, -0.2) is 18.4 Å². The number of nitrogens with one attached hydrogen (secondary N) is 2. The van der Waals surface area contributed by atoms with Crippen molar-refractivity contribution in [3.63, 3.8) is 0 Å². The van der Waals surface area contributed by atoms with E-state index in [1.807, 2.05) is 43.3 Å². The minimum atomic E-state index is -0.213. The van der Waals surface area contributed by atoms with E-state index >= 15 is 0 Å². The third-order valence-electron chi connectivity index (χ3n) is 3.77. The fourth-order valence-electron chi connectivity index (χ4n) is 2.14. The van der Waals surface area contributed by atoms with Crippen molar-refractivity contribution in [3.05, 3.63) is 65.2 Å². The van der Waals surface area contributed by atoms with Crippen molar-refractivity contribution >= 4 is 17.5 Å². The van der Waals surface area contributed by atoms with Crippen molar-refractivity contribution in [3.8, 4) is 0 Å². The van der Waals surface area contributed by atoms with E-state index in [0.717, 1.165) is 11.1 Å². The molecule has 0 bridgehead atoms. The molecule has 0 saturated carbocycles. The van der Waals surface area contributed by atoms with Gasteiger partial charge in [0.25, 0.3) is 5.91 Å². The van der Waals surface area contributed by atoms with Crippen LogP contribution in [-0.2, 0) is 11.3 Å². The van der Waals surface area contributed by atoms with E-state index in [9.17, 15) is 9.59 Å². The average Bonchev–Trinajstić information content (AvgIpc) is 2.59. The Balaban J connectivity index is 1.98. The van der Waals surface area contributed by atoms with E-state index in [0.29, 0.717) is 24.3 Å². The molecule has 1 atom stereocenters.